The van der Waals surface area contributed by atoms with Gasteiger partial charge >= 0.3 is 0 Å². The van der Waals surface area contributed by atoms with E-state index in [0.29, 0.717) is 5.75 Å². The number of hydrogen-bond acceptors (Lipinski definition) is 5. The van der Waals surface area contributed by atoms with Gasteiger partial charge in [0, 0.05) is 31.1 Å². The van der Waals surface area contributed by atoms with Crippen LogP contribution in [0.5, 0.6) is 0 Å². The predicted octanol–water partition coefficient (Wildman–Crippen LogP) is 4.48. The average molecular weight is 451 g/mol. The van der Waals surface area contributed by atoms with Crippen LogP contribution in [0.1, 0.15) is 5.56 Å². The van der Waals surface area contributed by atoms with Crippen LogP contribution >= 0.6 is 11.8 Å². The Bertz CT molecular complexity index is 1270. The summed E-state index contributed by atoms with van der Waals surface area (Å²) in [5.41, 5.74) is 2.85. The Kier molecular flexibility index (Phi) is 6.22. The molecule has 3 aromatic carbocycles. The second kappa shape index (κ2) is 9.05. The highest BCUT2D eigenvalue weighted by atomic mass is 32.2. The van der Waals surface area contributed by atoms with Gasteiger partial charge in [-0.1, -0.05) is 72.4 Å². The van der Waals surface area contributed by atoms with Crippen molar-refractivity contribution in [2.75, 3.05) is 14.1 Å². The zero-order valence-electron chi connectivity index (χ0n) is 17.2. The van der Waals surface area contributed by atoms with Crippen molar-refractivity contribution in [1.29, 1.82) is 0 Å². The summed E-state index contributed by atoms with van der Waals surface area (Å²) >= 11 is 1.52. The van der Waals surface area contributed by atoms with Gasteiger partial charge in [-0.3, -0.25) is 4.57 Å². The van der Waals surface area contributed by atoms with Gasteiger partial charge in [-0.15, -0.1) is 10.2 Å². The molecule has 4 aromatic rings. The second-order valence-corrected chi connectivity index (χ2v) is 10.2. The van der Waals surface area contributed by atoms with Crippen molar-refractivity contribution in [1.82, 2.24) is 19.1 Å². The van der Waals surface area contributed by atoms with E-state index in [0.717, 1.165) is 27.8 Å². The third kappa shape index (κ3) is 4.56. The Hall–Kier alpha value is -2.94. The largest absolute Gasteiger partial charge is 0.270 e. The number of para-hydroxylation sites is 1. The first kappa shape index (κ1) is 21.3. The van der Waals surface area contributed by atoms with Crippen molar-refractivity contribution in [3.63, 3.8) is 0 Å². The summed E-state index contributed by atoms with van der Waals surface area (Å²) in [7, 11) is -0.411. The van der Waals surface area contributed by atoms with Gasteiger partial charge in [0.2, 0.25) is 10.0 Å². The highest BCUT2D eigenvalue weighted by Gasteiger charge is 2.19. The Morgan fingerprint density at radius 2 is 1.55 bits per heavy atom. The van der Waals surface area contributed by atoms with Crippen LogP contribution in [-0.4, -0.2) is 41.6 Å². The molecule has 31 heavy (non-hydrogen) atoms. The van der Waals surface area contributed by atoms with E-state index in [1.54, 1.807) is 18.2 Å². The molecule has 0 amide bonds. The third-order valence-electron chi connectivity index (χ3n) is 4.72. The summed E-state index contributed by atoms with van der Waals surface area (Å²) < 4.78 is 28.1. The molecule has 0 saturated heterocycles. The van der Waals surface area contributed by atoms with Crippen molar-refractivity contribution in [3.8, 4) is 17.1 Å². The third-order valence-corrected chi connectivity index (χ3v) is 7.54. The van der Waals surface area contributed by atoms with Crippen LogP contribution in [-0.2, 0) is 15.8 Å². The van der Waals surface area contributed by atoms with Gasteiger partial charge in [0.1, 0.15) is 0 Å². The summed E-state index contributed by atoms with van der Waals surface area (Å²) in [6.45, 7) is 0. The molecule has 0 fully saturated rings. The number of aromatic nitrogens is 3. The van der Waals surface area contributed by atoms with Crippen LogP contribution in [0.15, 0.2) is 95.0 Å². The zero-order chi connectivity index (χ0) is 21.8. The van der Waals surface area contributed by atoms with Gasteiger partial charge in [0.25, 0.3) is 0 Å². The summed E-state index contributed by atoms with van der Waals surface area (Å²) in [5, 5.41) is 9.62. The fourth-order valence-electron chi connectivity index (χ4n) is 3.10. The van der Waals surface area contributed by atoms with Crippen molar-refractivity contribution in [2.45, 2.75) is 15.8 Å². The fourth-order valence-corrected chi connectivity index (χ4v) is 4.97. The second-order valence-electron chi connectivity index (χ2n) is 7.07. The number of hydrogen-bond donors (Lipinski definition) is 0. The molecule has 4 rings (SSSR count). The molecule has 0 radical (unpaired) electrons. The van der Waals surface area contributed by atoms with Crippen LogP contribution in [0, 0.1) is 0 Å². The van der Waals surface area contributed by atoms with Crippen LogP contribution in [0.4, 0.5) is 0 Å². The van der Waals surface area contributed by atoms with E-state index in [-0.39, 0.29) is 4.90 Å². The smallest absolute Gasteiger partial charge is 0.242 e. The lowest BCUT2D eigenvalue weighted by atomic mass is 10.2. The van der Waals surface area contributed by atoms with Crippen molar-refractivity contribution >= 4 is 21.8 Å². The first-order chi connectivity index (χ1) is 15.0. The minimum Gasteiger partial charge on any atom is -0.270 e. The summed E-state index contributed by atoms with van der Waals surface area (Å²) in [6, 6.07) is 26.9. The molecule has 0 unspecified atom stereocenters. The maximum absolute atomic E-state index is 12.5. The van der Waals surface area contributed by atoms with E-state index in [1.165, 1.54) is 30.2 Å². The van der Waals surface area contributed by atoms with Gasteiger partial charge in [0.05, 0.1) is 4.90 Å². The van der Waals surface area contributed by atoms with Gasteiger partial charge in [-0.25, -0.2) is 12.7 Å². The monoisotopic (exact) mass is 450 g/mol. The molecule has 0 saturated carbocycles. The molecule has 0 spiro atoms. The van der Waals surface area contributed by atoms with Gasteiger partial charge in [-0.05, 0) is 29.8 Å². The lowest BCUT2D eigenvalue weighted by molar-refractivity contribution is 0.520. The molecule has 1 aromatic heterocycles. The molecule has 0 aliphatic rings. The van der Waals surface area contributed by atoms with E-state index in [4.69, 9.17) is 0 Å². The lowest BCUT2D eigenvalue weighted by Crippen LogP contribution is -2.22. The zero-order valence-corrected chi connectivity index (χ0v) is 18.8. The lowest BCUT2D eigenvalue weighted by Gasteiger charge is -2.13. The number of benzene rings is 3. The molecule has 0 bridgehead atoms. The van der Waals surface area contributed by atoms with Gasteiger partial charge in [-0.2, -0.15) is 0 Å². The Morgan fingerprint density at radius 1 is 0.871 bits per heavy atom. The summed E-state index contributed by atoms with van der Waals surface area (Å²) in [6.07, 6.45) is 0. The van der Waals surface area contributed by atoms with E-state index in [2.05, 4.69) is 10.2 Å². The standard InChI is InChI=1S/C23H22N4O2S2/c1-26(2)31(28,29)21-15-9-10-18(16-21)17-30-23-25-24-22(19-11-5-3-6-12-19)27(23)20-13-7-4-8-14-20/h3-16H,17H2,1-2H3. The molecule has 0 aliphatic carbocycles. The maximum atomic E-state index is 12.5. The summed E-state index contributed by atoms with van der Waals surface area (Å²) in [4.78, 5) is 0.283. The molecule has 6 nitrogen and oxygen atoms in total. The van der Waals surface area contributed by atoms with E-state index in [9.17, 15) is 8.42 Å². The molecule has 158 valence electrons. The number of sulfonamides is 1. The van der Waals surface area contributed by atoms with Crippen molar-refractivity contribution < 1.29 is 8.42 Å². The molecule has 0 atom stereocenters. The number of thioether (sulfide) groups is 1. The Balaban J connectivity index is 1.67. The predicted molar refractivity (Wildman–Crippen MR) is 124 cm³/mol. The minimum atomic E-state index is -3.47. The number of rotatable bonds is 7. The molecule has 1 heterocycles. The minimum absolute atomic E-state index is 0.283. The Morgan fingerprint density at radius 3 is 2.23 bits per heavy atom. The van der Waals surface area contributed by atoms with Crippen LogP contribution in [0.25, 0.3) is 17.1 Å². The highest BCUT2D eigenvalue weighted by Crippen LogP contribution is 2.30. The maximum Gasteiger partial charge on any atom is 0.242 e. The van der Waals surface area contributed by atoms with E-state index >= 15 is 0 Å². The van der Waals surface area contributed by atoms with Crippen molar-refractivity contribution in [2.24, 2.45) is 0 Å². The van der Waals surface area contributed by atoms with E-state index in [1.807, 2.05) is 71.3 Å². The van der Waals surface area contributed by atoms with Gasteiger partial charge in [0.15, 0.2) is 11.0 Å². The average Bonchev–Trinajstić information content (AvgIpc) is 3.23. The summed E-state index contributed by atoms with van der Waals surface area (Å²) in [5.74, 6) is 1.33. The quantitative estimate of drug-likeness (QED) is 0.389. The highest BCUT2D eigenvalue weighted by molar-refractivity contribution is 7.98. The molecule has 0 aliphatic heterocycles. The van der Waals surface area contributed by atoms with Crippen LogP contribution in [0.3, 0.4) is 0 Å². The first-order valence-electron chi connectivity index (χ1n) is 9.67. The first-order valence-corrected chi connectivity index (χ1v) is 12.1. The van der Waals surface area contributed by atoms with Crippen molar-refractivity contribution in [3.05, 3.63) is 90.5 Å². The fraction of sp³-hybridized carbons (Fsp3) is 0.130. The van der Waals surface area contributed by atoms with Crippen LogP contribution in [0.2, 0.25) is 0 Å². The molecular weight excluding hydrogens is 428 g/mol. The normalized spacial score (nSPS) is 11.7. The topological polar surface area (TPSA) is 68.1 Å². The van der Waals surface area contributed by atoms with Gasteiger partial charge < -0.3 is 0 Å². The molecular formula is C23H22N4O2S2. The number of nitrogens with zero attached hydrogens (tertiary/aromatic N) is 4. The SMILES string of the molecule is CN(C)S(=O)(=O)c1cccc(CSc2nnc(-c3ccccc3)n2-c2ccccc2)c1. The molecule has 8 heteroatoms. The molecule has 0 N–H and O–H groups in total. The van der Waals surface area contributed by atoms with E-state index < -0.39 is 10.0 Å². The Labute approximate surface area is 186 Å². The van der Waals surface area contributed by atoms with Crippen LogP contribution < -0.4 is 0 Å².